The number of aromatic amines is 2. The molecule has 0 aliphatic heterocycles. The summed E-state index contributed by atoms with van der Waals surface area (Å²) in [6.45, 7) is 1.49. The van der Waals surface area contributed by atoms with Gasteiger partial charge in [0.05, 0.1) is 12.4 Å². The van der Waals surface area contributed by atoms with Gasteiger partial charge in [-0.2, -0.15) is 12.6 Å². The molecule has 0 saturated heterocycles. The molecule has 3 amide bonds. The highest BCUT2D eigenvalue weighted by Gasteiger charge is 2.30. The number of hydrogen-bond donors (Lipinski definition) is 8. The predicted molar refractivity (Wildman–Crippen MR) is 135 cm³/mol. The van der Waals surface area contributed by atoms with Crippen LogP contribution in [0.4, 0.5) is 0 Å². The lowest BCUT2D eigenvalue weighted by atomic mass is 10.0. The van der Waals surface area contributed by atoms with E-state index in [4.69, 9.17) is 5.73 Å². The molecule has 0 aliphatic rings. The molecule has 192 valence electrons. The van der Waals surface area contributed by atoms with Crippen molar-refractivity contribution in [1.29, 1.82) is 0 Å². The molecule has 1 aromatic carbocycles. The molecule has 13 heteroatoms. The molecule has 3 aromatic rings. The summed E-state index contributed by atoms with van der Waals surface area (Å²) in [7, 11) is 0. The zero-order valence-electron chi connectivity index (χ0n) is 19.5. The SMILES string of the molecule is CC(N)C(=O)NC(Cc1c[nH]c2ccccc12)C(=O)NC(CS)C(=O)NC(Cc1cnc[nH]1)C(=O)O. The molecule has 12 nitrogen and oxygen atoms in total. The zero-order valence-corrected chi connectivity index (χ0v) is 20.4. The Morgan fingerprint density at radius 3 is 2.31 bits per heavy atom. The summed E-state index contributed by atoms with van der Waals surface area (Å²) in [4.78, 5) is 59.7. The van der Waals surface area contributed by atoms with Crippen molar-refractivity contribution in [2.75, 3.05) is 5.75 Å². The van der Waals surface area contributed by atoms with Gasteiger partial charge in [-0.05, 0) is 18.6 Å². The van der Waals surface area contributed by atoms with Gasteiger partial charge in [-0.1, -0.05) is 18.2 Å². The number of aliphatic carboxylic acids is 1. The first kappa shape index (κ1) is 26.8. The minimum atomic E-state index is -1.25. The van der Waals surface area contributed by atoms with Crippen molar-refractivity contribution in [3.05, 3.63) is 54.2 Å². The number of nitrogens with one attached hydrogen (secondary N) is 5. The molecule has 4 unspecified atom stereocenters. The molecule has 0 saturated carbocycles. The van der Waals surface area contributed by atoms with Crippen molar-refractivity contribution in [2.45, 2.75) is 43.9 Å². The maximum absolute atomic E-state index is 13.2. The number of H-pyrrole nitrogens is 2. The number of benzene rings is 1. The molecular weight excluding hydrogens is 486 g/mol. The fourth-order valence-electron chi connectivity index (χ4n) is 3.59. The Balaban J connectivity index is 1.73. The maximum Gasteiger partial charge on any atom is 0.326 e. The van der Waals surface area contributed by atoms with E-state index in [1.807, 2.05) is 24.3 Å². The van der Waals surface area contributed by atoms with Gasteiger partial charge in [-0.25, -0.2) is 9.78 Å². The van der Waals surface area contributed by atoms with Gasteiger partial charge in [-0.15, -0.1) is 0 Å². The average Bonchev–Trinajstić information content (AvgIpc) is 3.51. The quantitative estimate of drug-likeness (QED) is 0.149. The number of amides is 3. The topological polar surface area (TPSA) is 195 Å². The predicted octanol–water partition coefficient (Wildman–Crippen LogP) is -0.508. The lowest BCUT2D eigenvalue weighted by Crippen LogP contribution is -2.58. The third-order valence-corrected chi connectivity index (χ3v) is 5.92. The third kappa shape index (κ3) is 6.86. The van der Waals surface area contributed by atoms with E-state index in [-0.39, 0.29) is 18.6 Å². The summed E-state index contributed by atoms with van der Waals surface area (Å²) in [5.74, 6) is -3.25. The number of fused-ring (bicyclic) bond motifs is 1. The van der Waals surface area contributed by atoms with E-state index in [2.05, 4.69) is 43.5 Å². The summed E-state index contributed by atoms with van der Waals surface area (Å²) >= 11 is 4.15. The minimum Gasteiger partial charge on any atom is -0.480 e. The summed E-state index contributed by atoms with van der Waals surface area (Å²) < 4.78 is 0. The molecule has 0 spiro atoms. The van der Waals surface area contributed by atoms with Crippen molar-refractivity contribution >= 4 is 47.2 Å². The second-order valence-corrected chi connectivity index (χ2v) is 8.70. The van der Waals surface area contributed by atoms with Gasteiger partial charge in [0.1, 0.15) is 18.1 Å². The first-order chi connectivity index (χ1) is 17.2. The van der Waals surface area contributed by atoms with Crippen LogP contribution in [0.5, 0.6) is 0 Å². The van der Waals surface area contributed by atoms with Crippen LogP contribution in [0.1, 0.15) is 18.2 Å². The van der Waals surface area contributed by atoms with Crippen LogP contribution in [-0.4, -0.2) is 73.7 Å². The van der Waals surface area contributed by atoms with Crippen LogP contribution in [0.15, 0.2) is 43.0 Å². The number of carbonyl (C=O) groups excluding carboxylic acids is 3. The lowest BCUT2D eigenvalue weighted by molar-refractivity contribution is -0.142. The highest BCUT2D eigenvalue weighted by atomic mass is 32.1. The molecule has 8 N–H and O–H groups in total. The van der Waals surface area contributed by atoms with Gasteiger partial charge < -0.3 is 36.8 Å². The Morgan fingerprint density at radius 2 is 1.67 bits per heavy atom. The van der Waals surface area contributed by atoms with Gasteiger partial charge in [0.15, 0.2) is 0 Å². The van der Waals surface area contributed by atoms with Crippen LogP contribution in [0.2, 0.25) is 0 Å². The van der Waals surface area contributed by atoms with Crippen LogP contribution < -0.4 is 21.7 Å². The zero-order chi connectivity index (χ0) is 26.2. The third-order valence-electron chi connectivity index (χ3n) is 5.55. The summed E-state index contributed by atoms with van der Waals surface area (Å²) in [6.07, 6.45) is 4.71. The van der Waals surface area contributed by atoms with E-state index in [9.17, 15) is 24.3 Å². The molecule has 2 aromatic heterocycles. The van der Waals surface area contributed by atoms with Crippen LogP contribution in [0.3, 0.4) is 0 Å². The van der Waals surface area contributed by atoms with Gasteiger partial charge in [0.25, 0.3) is 0 Å². The molecule has 0 fully saturated rings. The fourth-order valence-corrected chi connectivity index (χ4v) is 3.85. The molecule has 2 heterocycles. The van der Waals surface area contributed by atoms with Crippen molar-refractivity contribution in [1.82, 2.24) is 30.9 Å². The van der Waals surface area contributed by atoms with Gasteiger partial charge in [0, 0.05) is 47.6 Å². The molecule has 4 atom stereocenters. The van der Waals surface area contributed by atoms with Gasteiger partial charge >= 0.3 is 5.97 Å². The van der Waals surface area contributed by atoms with Crippen LogP contribution in [-0.2, 0) is 32.0 Å². The molecule has 0 bridgehead atoms. The number of thiol groups is 1. The number of nitrogens with zero attached hydrogens (tertiary/aromatic N) is 1. The standard InChI is InChI=1S/C23H29N7O5S/c1-12(24)20(31)28-17(6-13-8-26-16-5-3-2-4-15(13)16)21(32)30-19(10-36)22(33)29-18(23(34)35)7-14-9-25-11-27-14/h2-5,8-9,11-12,17-19,26,36H,6-7,10,24H2,1H3,(H,25,27)(H,28,31)(H,29,33)(H,30,32)(H,34,35). The number of rotatable bonds is 12. The van der Waals surface area contributed by atoms with Gasteiger partial charge in [-0.3, -0.25) is 14.4 Å². The smallest absolute Gasteiger partial charge is 0.326 e. The number of nitrogens with two attached hydrogens (primary N) is 1. The van der Waals surface area contributed by atoms with Crippen LogP contribution in [0.25, 0.3) is 10.9 Å². The van der Waals surface area contributed by atoms with Crippen LogP contribution in [0, 0.1) is 0 Å². The number of para-hydroxylation sites is 1. The van der Waals surface area contributed by atoms with E-state index in [1.54, 1.807) is 6.20 Å². The maximum atomic E-state index is 13.2. The van der Waals surface area contributed by atoms with Crippen molar-refractivity contribution in [2.24, 2.45) is 5.73 Å². The Labute approximate surface area is 212 Å². The monoisotopic (exact) mass is 515 g/mol. The highest BCUT2D eigenvalue weighted by Crippen LogP contribution is 2.19. The molecule has 0 aliphatic carbocycles. The molecular formula is C23H29N7O5S. The van der Waals surface area contributed by atoms with E-state index in [1.165, 1.54) is 19.4 Å². The Hall–Kier alpha value is -3.84. The van der Waals surface area contributed by atoms with Crippen molar-refractivity contribution in [3.63, 3.8) is 0 Å². The molecule has 0 radical (unpaired) electrons. The van der Waals surface area contributed by atoms with E-state index >= 15 is 0 Å². The van der Waals surface area contributed by atoms with E-state index < -0.39 is 47.9 Å². The van der Waals surface area contributed by atoms with Crippen molar-refractivity contribution < 1.29 is 24.3 Å². The first-order valence-electron chi connectivity index (χ1n) is 11.2. The second-order valence-electron chi connectivity index (χ2n) is 8.34. The van der Waals surface area contributed by atoms with Crippen LogP contribution >= 0.6 is 12.6 Å². The Kier molecular flexibility index (Phi) is 9.08. The lowest BCUT2D eigenvalue weighted by Gasteiger charge is -2.24. The van der Waals surface area contributed by atoms with Crippen molar-refractivity contribution in [3.8, 4) is 0 Å². The normalized spacial score (nSPS) is 14.4. The van der Waals surface area contributed by atoms with E-state index in [0.29, 0.717) is 5.69 Å². The summed E-state index contributed by atoms with van der Waals surface area (Å²) in [5, 5.41) is 18.0. The number of aromatic nitrogens is 3. The Bertz CT molecular complexity index is 1210. The number of hydrogen-bond acceptors (Lipinski definition) is 7. The highest BCUT2D eigenvalue weighted by molar-refractivity contribution is 7.80. The average molecular weight is 516 g/mol. The van der Waals surface area contributed by atoms with Gasteiger partial charge in [0.2, 0.25) is 17.7 Å². The molecule has 3 rings (SSSR count). The second kappa shape index (κ2) is 12.2. The fraction of sp³-hybridized carbons (Fsp3) is 0.348. The minimum absolute atomic E-state index is 0.0258. The summed E-state index contributed by atoms with van der Waals surface area (Å²) in [5.41, 5.74) is 7.85. The Morgan fingerprint density at radius 1 is 1.00 bits per heavy atom. The largest absolute Gasteiger partial charge is 0.480 e. The van der Waals surface area contributed by atoms with E-state index in [0.717, 1.165) is 16.5 Å². The first-order valence-corrected chi connectivity index (χ1v) is 11.9. The summed E-state index contributed by atoms with van der Waals surface area (Å²) in [6, 6.07) is 3.20. The number of carboxylic acid groups (broad SMARTS) is 1. The number of carbonyl (C=O) groups is 4. The molecule has 36 heavy (non-hydrogen) atoms. The number of carboxylic acids is 1. The number of imidazole rings is 1.